The largest absolute Gasteiger partial charge is 0.473 e. The summed E-state index contributed by atoms with van der Waals surface area (Å²) in [6, 6.07) is 0. The maximum atomic E-state index is 4.77. The summed E-state index contributed by atoms with van der Waals surface area (Å²) in [4.78, 5) is 0. The molecule has 0 bridgehead atoms. The van der Waals surface area contributed by atoms with Gasteiger partial charge in [0.25, 0.3) is 0 Å². The van der Waals surface area contributed by atoms with Crippen molar-refractivity contribution in [2.75, 3.05) is 0 Å². The predicted octanol–water partition coefficient (Wildman–Crippen LogP) is 3.20. The van der Waals surface area contributed by atoms with Crippen LogP contribution in [0.2, 0.25) is 0 Å². The van der Waals surface area contributed by atoms with Crippen molar-refractivity contribution in [3.63, 3.8) is 0 Å². The average Bonchev–Trinajstić information content (AvgIpc) is 2.68. The van der Waals surface area contributed by atoms with E-state index in [4.69, 9.17) is 9.47 Å². The summed E-state index contributed by atoms with van der Waals surface area (Å²) in [5.74, 6) is 0. The summed E-state index contributed by atoms with van der Waals surface area (Å²) < 4.78 is 9.54. The molecular formula is C12H12O2. The molecule has 14 heavy (non-hydrogen) atoms. The summed E-state index contributed by atoms with van der Waals surface area (Å²) >= 11 is 0. The number of hydrogen-bond donors (Lipinski definition) is 0. The molecule has 0 amide bonds. The Morgan fingerprint density at radius 1 is 0.357 bits per heavy atom. The fourth-order valence-corrected chi connectivity index (χ4v) is 0.710. The SMILES string of the molecule is C1=CC=COC=C1.C1=CC=COC=C1. The van der Waals surface area contributed by atoms with Crippen LogP contribution in [0.1, 0.15) is 0 Å². The molecule has 0 N–H and O–H groups in total. The quantitative estimate of drug-likeness (QED) is 0.581. The molecule has 2 aliphatic rings. The molecule has 0 spiro atoms. The topological polar surface area (TPSA) is 18.5 Å². The van der Waals surface area contributed by atoms with Gasteiger partial charge in [-0.15, -0.1) is 0 Å². The number of allylic oxidation sites excluding steroid dienone is 8. The monoisotopic (exact) mass is 188 g/mol. The molecule has 2 rings (SSSR count). The van der Waals surface area contributed by atoms with E-state index >= 15 is 0 Å². The van der Waals surface area contributed by atoms with Crippen molar-refractivity contribution < 1.29 is 9.47 Å². The lowest BCUT2D eigenvalue weighted by Gasteiger charge is -1.79. The molecule has 0 fully saturated rings. The van der Waals surface area contributed by atoms with E-state index in [2.05, 4.69) is 0 Å². The first-order valence-electron chi connectivity index (χ1n) is 4.28. The van der Waals surface area contributed by atoms with E-state index in [9.17, 15) is 0 Å². The molecule has 2 nitrogen and oxygen atoms in total. The van der Waals surface area contributed by atoms with Crippen molar-refractivity contribution in [2.45, 2.75) is 0 Å². The third-order valence-corrected chi connectivity index (χ3v) is 1.30. The zero-order valence-electron chi connectivity index (χ0n) is 7.74. The smallest absolute Gasteiger partial charge is 0.0901 e. The second kappa shape index (κ2) is 7.68. The lowest BCUT2D eigenvalue weighted by Crippen LogP contribution is -1.56. The van der Waals surface area contributed by atoms with Crippen LogP contribution in [0, 0.1) is 0 Å². The van der Waals surface area contributed by atoms with E-state index in [1.54, 1.807) is 25.0 Å². The maximum Gasteiger partial charge on any atom is 0.0901 e. The van der Waals surface area contributed by atoms with Gasteiger partial charge in [-0.1, -0.05) is 24.3 Å². The Labute approximate surface area is 83.8 Å². The van der Waals surface area contributed by atoms with Gasteiger partial charge in [-0.05, 0) is 24.3 Å². The van der Waals surface area contributed by atoms with Crippen LogP contribution >= 0.6 is 0 Å². The first-order valence-corrected chi connectivity index (χ1v) is 4.28. The Hall–Kier alpha value is -1.96. The minimum Gasteiger partial charge on any atom is -0.473 e. The molecule has 0 aliphatic carbocycles. The molecule has 0 aromatic rings. The highest BCUT2D eigenvalue weighted by atomic mass is 16.5. The maximum absolute atomic E-state index is 4.77. The van der Waals surface area contributed by atoms with Crippen LogP contribution in [0.3, 0.4) is 0 Å². The molecule has 2 heteroatoms. The lowest BCUT2D eigenvalue weighted by molar-refractivity contribution is 0.404. The van der Waals surface area contributed by atoms with E-state index in [1.165, 1.54) is 0 Å². The van der Waals surface area contributed by atoms with Crippen LogP contribution in [-0.2, 0) is 9.47 Å². The Morgan fingerprint density at radius 2 is 0.643 bits per heavy atom. The zero-order valence-corrected chi connectivity index (χ0v) is 7.74. The van der Waals surface area contributed by atoms with Gasteiger partial charge in [0.05, 0.1) is 25.0 Å². The normalized spacial score (nSPS) is 16.0. The van der Waals surface area contributed by atoms with Crippen LogP contribution < -0.4 is 0 Å². The average molecular weight is 188 g/mol. The van der Waals surface area contributed by atoms with E-state index in [0.717, 1.165) is 0 Å². The van der Waals surface area contributed by atoms with E-state index in [0.29, 0.717) is 0 Å². The van der Waals surface area contributed by atoms with Crippen LogP contribution in [-0.4, -0.2) is 0 Å². The molecule has 0 aromatic heterocycles. The van der Waals surface area contributed by atoms with Gasteiger partial charge in [0.15, 0.2) is 0 Å². The Balaban J connectivity index is 0.000000140. The van der Waals surface area contributed by atoms with Crippen molar-refractivity contribution in [3.8, 4) is 0 Å². The highest BCUT2D eigenvalue weighted by Crippen LogP contribution is 1.88. The lowest BCUT2D eigenvalue weighted by atomic mass is 10.5. The molecule has 0 aromatic carbocycles. The molecule has 2 heterocycles. The highest BCUT2D eigenvalue weighted by Gasteiger charge is 1.70. The first kappa shape index (κ1) is 10.1. The highest BCUT2D eigenvalue weighted by molar-refractivity contribution is 5.11. The Kier molecular flexibility index (Phi) is 5.55. The Morgan fingerprint density at radius 3 is 0.929 bits per heavy atom. The second-order valence-corrected chi connectivity index (χ2v) is 2.36. The van der Waals surface area contributed by atoms with E-state index in [-0.39, 0.29) is 0 Å². The summed E-state index contributed by atoms with van der Waals surface area (Å²) in [5.41, 5.74) is 0. The van der Waals surface area contributed by atoms with Crippen LogP contribution in [0.4, 0.5) is 0 Å². The van der Waals surface area contributed by atoms with Crippen LogP contribution in [0.5, 0.6) is 0 Å². The van der Waals surface area contributed by atoms with Crippen molar-refractivity contribution in [1.29, 1.82) is 0 Å². The van der Waals surface area contributed by atoms with Gasteiger partial charge in [0, 0.05) is 0 Å². The molecule has 0 atom stereocenters. The number of ether oxygens (including phenoxy) is 2. The molecule has 0 saturated heterocycles. The standard InChI is InChI=1S/2C6H6O/c2*1-2-4-6-7-5-3-1/h2*1-6H. The molecule has 0 radical (unpaired) electrons. The number of hydrogen-bond acceptors (Lipinski definition) is 2. The van der Waals surface area contributed by atoms with Crippen molar-refractivity contribution in [3.05, 3.63) is 73.7 Å². The van der Waals surface area contributed by atoms with E-state index < -0.39 is 0 Å². The van der Waals surface area contributed by atoms with Gasteiger partial charge >= 0.3 is 0 Å². The first-order chi connectivity index (χ1) is 7.00. The van der Waals surface area contributed by atoms with Gasteiger partial charge in [-0.25, -0.2) is 0 Å². The molecule has 2 aliphatic heterocycles. The van der Waals surface area contributed by atoms with Crippen molar-refractivity contribution in [1.82, 2.24) is 0 Å². The summed E-state index contributed by atoms with van der Waals surface area (Å²) in [6.07, 6.45) is 21.5. The van der Waals surface area contributed by atoms with E-state index in [1.807, 2.05) is 48.6 Å². The van der Waals surface area contributed by atoms with Gasteiger partial charge in [0.1, 0.15) is 0 Å². The third kappa shape index (κ3) is 5.66. The zero-order chi connectivity index (χ0) is 9.90. The molecule has 72 valence electrons. The summed E-state index contributed by atoms with van der Waals surface area (Å²) in [7, 11) is 0. The summed E-state index contributed by atoms with van der Waals surface area (Å²) in [5, 5.41) is 0. The van der Waals surface area contributed by atoms with Crippen LogP contribution in [0.15, 0.2) is 73.7 Å². The van der Waals surface area contributed by atoms with Gasteiger partial charge in [0.2, 0.25) is 0 Å². The molecule has 0 unspecified atom stereocenters. The molecular weight excluding hydrogens is 176 g/mol. The summed E-state index contributed by atoms with van der Waals surface area (Å²) in [6.45, 7) is 0. The third-order valence-electron chi connectivity index (χ3n) is 1.30. The van der Waals surface area contributed by atoms with Gasteiger partial charge < -0.3 is 9.47 Å². The fraction of sp³-hybridized carbons (Fsp3) is 0. The fourth-order valence-electron chi connectivity index (χ4n) is 0.710. The second-order valence-electron chi connectivity index (χ2n) is 2.36. The van der Waals surface area contributed by atoms with Crippen molar-refractivity contribution in [2.24, 2.45) is 0 Å². The molecule has 0 saturated carbocycles. The Bertz CT molecular complexity index is 244. The minimum atomic E-state index is 1.62. The van der Waals surface area contributed by atoms with Crippen LogP contribution in [0.25, 0.3) is 0 Å². The predicted molar refractivity (Wildman–Crippen MR) is 57.0 cm³/mol. The minimum absolute atomic E-state index is 1.62. The van der Waals surface area contributed by atoms with Crippen molar-refractivity contribution >= 4 is 0 Å². The van der Waals surface area contributed by atoms with Gasteiger partial charge in [-0.3, -0.25) is 0 Å². The number of rotatable bonds is 0. The van der Waals surface area contributed by atoms with Gasteiger partial charge in [-0.2, -0.15) is 0 Å².